The van der Waals surface area contributed by atoms with E-state index in [4.69, 9.17) is 0 Å². The minimum absolute atomic E-state index is 0.234. The summed E-state index contributed by atoms with van der Waals surface area (Å²) in [4.78, 5) is 26.1. The number of amides is 1. The highest BCUT2D eigenvalue weighted by Gasteiger charge is 2.44. The first-order valence-corrected chi connectivity index (χ1v) is 15.7. The van der Waals surface area contributed by atoms with Gasteiger partial charge in [-0.1, -0.05) is 17.2 Å². The first kappa shape index (κ1) is 25.8. The van der Waals surface area contributed by atoms with Gasteiger partial charge < -0.3 is 9.88 Å². The third-order valence-electron chi connectivity index (χ3n) is 9.73. The standard InChI is InChI=1S/C35H39N3OS/c1-21-13-22(2)15-27(14-21)32-29(8-6-23-5-7-26(16-23)25-9-11-36-12-10-25)30-19-31(40-33(30)37-32)35(3,4)34(39)38-20-24-17-28(38)18-24/h9-15,19-20,23,26,28,37H,5-8,16-18H2,1-4H3. The first-order valence-electron chi connectivity index (χ1n) is 14.9. The lowest BCUT2D eigenvalue weighted by Gasteiger charge is -2.32. The number of aromatic amines is 1. The van der Waals surface area contributed by atoms with Crippen LogP contribution in [0.15, 0.2) is 60.6 Å². The zero-order chi connectivity index (χ0) is 27.6. The van der Waals surface area contributed by atoms with Crippen LogP contribution in [0, 0.1) is 19.8 Å². The molecule has 2 fully saturated rings. The van der Waals surface area contributed by atoms with E-state index in [1.807, 2.05) is 17.3 Å². The number of aryl methyl sites for hydroxylation is 3. The fourth-order valence-electron chi connectivity index (χ4n) is 7.39. The lowest BCUT2D eigenvalue weighted by molar-refractivity contribution is -0.134. The van der Waals surface area contributed by atoms with E-state index in [1.54, 1.807) is 11.3 Å². The van der Waals surface area contributed by atoms with Crippen LogP contribution < -0.4 is 0 Å². The zero-order valence-electron chi connectivity index (χ0n) is 24.1. The maximum absolute atomic E-state index is 13.7. The maximum atomic E-state index is 13.7. The molecule has 2 atom stereocenters. The van der Waals surface area contributed by atoms with Gasteiger partial charge in [-0.15, -0.1) is 11.3 Å². The van der Waals surface area contributed by atoms with Crippen LogP contribution in [0.5, 0.6) is 0 Å². The van der Waals surface area contributed by atoms with Crippen LogP contribution in [0.4, 0.5) is 0 Å². The molecule has 0 saturated heterocycles. The molecular formula is C35H39N3OS. The Bertz CT molecular complexity index is 1600. The molecule has 8 rings (SSSR count). The lowest BCUT2D eigenvalue weighted by atomic mass is 9.86. The molecule has 2 aliphatic heterocycles. The van der Waals surface area contributed by atoms with E-state index in [1.165, 1.54) is 75.0 Å². The van der Waals surface area contributed by atoms with Gasteiger partial charge in [0.2, 0.25) is 5.91 Å². The normalized spacial score (nSPS) is 20.8. The molecule has 4 nitrogen and oxygen atoms in total. The van der Waals surface area contributed by atoms with Crippen molar-refractivity contribution in [2.45, 2.75) is 90.0 Å². The fraction of sp³-hybridized carbons (Fsp3) is 0.429. The second-order valence-electron chi connectivity index (χ2n) is 13.1. The second kappa shape index (κ2) is 9.73. The fourth-order valence-corrected chi connectivity index (χ4v) is 8.58. The number of rotatable bonds is 7. The van der Waals surface area contributed by atoms with Gasteiger partial charge in [0.1, 0.15) is 4.83 Å². The Morgan fingerprint density at radius 2 is 1.82 bits per heavy atom. The average Bonchev–Trinajstić information content (AvgIpc) is 3.72. The zero-order valence-corrected chi connectivity index (χ0v) is 24.9. The van der Waals surface area contributed by atoms with Crippen molar-refractivity contribution in [1.82, 2.24) is 14.9 Å². The van der Waals surface area contributed by atoms with Crippen molar-refractivity contribution < 1.29 is 4.79 Å². The molecule has 4 aliphatic rings. The topological polar surface area (TPSA) is 49.0 Å². The SMILES string of the molecule is Cc1cc(C)cc(-c2[nH]c3sc(C(C)(C)C(=O)N4C=C5CC4C5)cc3c2CCC2CCC(c3ccncc3)C2)c1. The summed E-state index contributed by atoms with van der Waals surface area (Å²) in [5.41, 5.74) is 8.86. The molecule has 5 heterocycles. The molecule has 0 radical (unpaired) electrons. The van der Waals surface area contributed by atoms with Crippen molar-refractivity contribution in [3.05, 3.63) is 87.7 Å². The smallest absolute Gasteiger partial charge is 0.237 e. The number of thiophene rings is 1. The Balaban J connectivity index is 1.19. The van der Waals surface area contributed by atoms with Crippen molar-refractivity contribution in [3.8, 4) is 11.3 Å². The monoisotopic (exact) mass is 549 g/mol. The number of H-pyrrole nitrogens is 1. The molecule has 5 heteroatoms. The van der Waals surface area contributed by atoms with E-state index in [2.05, 4.69) is 80.3 Å². The highest BCUT2D eigenvalue weighted by Crippen LogP contribution is 2.46. The summed E-state index contributed by atoms with van der Waals surface area (Å²) in [5, 5.41) is 1.31. The third-order valence-corrected chi connectivity index (χ3v) is 11.1. The van der Waals surface area contributed by atoms with E-state index < -0.39 is 5.41 Å². The highest BCUT2D eigenvalue weighted by atomic mass is 32.1. The van der Waals surface area contributed by atoms with Crippen molar-refractivity contribution >= 4 is 27.5 Å². The number of pyridine rings is 1. The molecule has 40 heavy (non-hydrogen) atoms. The molecule has 1 amide bonds. The summed E-state index contributed by atoms with van der Waals surface area (Å²) in [6.07, 6.45) is 14.2. The van der Waals surface area contributed by atoms with Gasteiger partial charge in [-0.3, -0.25) is 9.78 Å². The lowest BCUT2D eigenvalue weighted by Crippen LogP contribution is -2.43. The molecule has 2 unspecified atom stereocenters. The number of benzene rings is 1. The van der Waals surface area contributed by atoms with Gasteiger partial charge in [0.05, 0.1) is 11.1 Å². The highest BCUT2D eigenvalue weighted by molar-refractivity contribution is 7.19. The molecule has 1 aromatic carbocycles. The summed E-state index contributed by atoms with van der Waals surface area (Å²) < 4.78 is 0. The van der Waals surface area contributed by atoms with Crippen molar-refractivity contribution in [2.24, 2.45) is 5.92 Å². The van der Waals surface area contributed by atoms with Crippen molar-refractivity contribution in [2.75, 3.05) is 0 Å². The summed E-state index contributed by atoms with van der Waals surface area (Å²) in [6.45, 7) is 8.58. The van der Waals surface area contributed by atoms with E-state index >= 15 is 0 Å². The van der Waals surface area contributed by atoms with Crippen LogP contribution >= 0.6 is 11.3 Å². The summed E-state index contributed by atoms with van der Waals surface area (Å²) in [7, 11) is 0. The van der Waals surface area contributed by atoms with Gasteiger partial charge in [-0.2, -0.15) is 0 Å². The molecule has 2 bridgehead atoms. The van der Waals surface area contributed by atoms with Crippen LogP contribution in [0.1, 0.15) is 85.4 Å². The van der Waals surface area contributed by atoms with E-state index in [-0.39, 0.29) is 5.91 Å². The van der Waals surface area contributed by atoms with Crippen LogP contribution in [0.25, 0.3) is 21.5 Å². The van der Waals surface area contributed by atoms with Crippen LogP contribution in [-0.4, -0.2) is 26.8 Å². The molecule has 206 valence electrons. The molecule has 4 aromatic rings. The molecule has 2 saturated carbocycles. The molecule has 1 N–H and O–H groups in total. The number of fused-ring (bicyclic) bond motifs is 2. The minimum atomic E-state index is -0.542. The average molecular weight is 550 g/mol. The Kier molecular flexibility index (Phi) is 6.27. The van der Waals surface area contributed by atoms with E-state index in [0.29, 0.717) is 12.0 Å². The van der Waals surface area contributed by atoms with E-state index in [9.17, 15) is 4.79 Å². The summed E-state index contributed by atoms with van der Waals surface area (Å²) in [6, 6.07) is 14.0. The third kappa shape index (κ3) is 4.43. The quantitative estimate of drug-likeness (QED) is 0.251. The number of carbonyl (C=O) groups excluding carboxylic acids is 1. The number of nitrogens with zero attached hydrogens (tertiary/aromatic N) is 2. The number of hydrogen-bond donors (Lipinski definition) is 1. The van der Waals surface area contributed by atoms with Crippen molar-refractivity contribution in [3.63, 3.8) is 0 Å². The van der Waals surface area contributed by atoms with Crippen molar-refractivity contribution in [1.29, 1.82) is 0 Å². The van der Waals surface area contributed by atoms with Gasteiger partial charge in [0.25, 0.3) is 0 Å². The van der Waals surface area contributed by atoms with Crippen LogP contribution in [-0.2, 0) is 16.6 Å². The minimum Gasteiger partial charge on any atom is -0.346 e. The van der Waals surface area contributed by atoms with E-state index in [0.717, 1.165) is 30.1 Å². The predicted octanol–water partition coefficient (Wildman–Crippen LogP) is 8.59. The number of nitrogens with one attached hydrogen (secondary N) is 1. The first-order chi connectivity index (χ1) is 19.3. The van der Waals surface area contributed by atoms with Gasteiger partial charge in [0.15, 0.2) is 0 Å². The molecule has 3 aromatic heterocycles. The predicted molar refractivity (Wildman–Crippen MR) is 165 cm³/mol. The van der Waals surface area contributed by atoms with Crippen LogP contribution in [0.3, 0.4) is 0 Å². The van der Waals surface area contributed by atoms with Gasteiger partial charge in [0, 0.05) is 34.9 Å². The van der Waals surface area contributed by atoms with Gasteiger partial charge in [-0.05, 0) is 137 Å². The Morgan fingerprint density at radius 1 is 1.07 bits per heavy atom. The number of aromatic nitrogens is 2. The van der Waals surface area contributed by atoms with Gasteiger partial charge in [-0.25, -0.2) is 0 Å². The maximum Gasteiger partial charge on any atom is 0.237 e. The van der Waals surface area contributed by atoms with Gasteiger partial charge >= 0.3 is 0 Å². The summed E-state index contributed by atoms with van der Waals surface area (Å²) in [5.74, 6) is 1.63. The molecule has 2 aliphatic carbocycles. The Labute approximate surface area is 241 Å². The number of carbonyl (C=O) groups is 1. The second-order valence-corrected chi connectivity index (χ2v) is 14.1. The molecular weight excluding hydrogens is 510 g/mol. The van der Waals surface area contributed by atoms with Crippen LogP contribution in [0.2, 0.25) is 0 Å². The Morgan fingerprint density at radius 3 is 2.52 bits per heavy atom. The molecule has 0 spiro atoms. The largest absolute Gasteiger partial charge is 0.346 e. The Hall–Kier alpha value is -3.18. The summed E-state index contributed by atoms with van der Waals surface area (Å²) >= 11 is 1.77. The number of hydrogen-bond acceptors (Lipinski definition) is 3.